The lowest BCUT2D eigenvalue weighted by molar-refractivity contribution is -0.326. The third-order valence-corrected chi connectivity index (χ3v) is 11.2. The fourth-order valence-electron chi connectivity index (χ4n) is 6.84. The van der Waals surface area contributed by atoms with Gasteiger partial charge in [0.1, 0.15) is 97.7 Å². The number of aliphatic hydroxyl groups excluding tert-OH is 14. The lowest BCUT2D eigenvalue weighted by atomic mass is 9.98. The van der Waals surface area contributed by atoms with Crippen molar-refractivity contribution in [1.29, 1.82) is 0 Å². The zero-order chi connectivity index (χ0) is 50.6. The molecule has 4 rings (SSSR count). The molecule has 4 aliphatic heterocycles. The second-order valence-electron chi connectivity index (χ2n) is 16.5. The maximum Gasteiger partial charge on any atom is 0.336 e. The predicted octanol–water partition coefficient (Wildman–Crippen LogP) is -5.23. The van der Waals surface area contributed by atoms with Crippen LogP contribution in [0.4, 0.5) is 0 Å². The van der Waals surface area contributed by atoms with Gasteiger partial charge in [0, 0.05) is 11.1 Å². The standard InChI is InChI=1S/C44H64O24/c1-19(11-7-13-21(3)39(59)67-43-37(57)33(53)29(49)25(65-43)17-61-41-35(55)31(51)27(47)23(15-45)63-41)9-5-6-10-20(2)12-8-14-22(4)40(60)68-44-38(58)34(54)30(50)26(66-44)18-62-42-36(56)32(52)28(48)24(16-46)64-42/h5-14,23-38,41-58H,15-18H2,1-4H3/b6-5+,11-7+,12-8?,19-9+,20-10?,21-13+,22-14?/t23-,24+,25-,26+,27-,28+,29-,30+,31+,32-,33+,34-,35-,36+,37-,38+,41-,42+,43+,44-/m1/s1. The van der Waals surface area contributed by atoms with Gasteiger partial charge in [-0.2, -0.15) is 0 Å². The highest BCUT2D eigenvalue weighted by Crippen LogP contribution is 2.28. The molecule has 0 radical (unpaired) electrons. The minimum Gasteiger partial charge on any atom is -0.429 e. The van der Waals surface area contributed by atoms with Gasteiger partial charge in [0.15, 0.2) is 12.6 Å². The number of carbonyl (C=O) groups is 2. The van der Waals surface area contributed by atoms with Crippen molar-refractivity contribution in [3.05, 3.63) is 83.1 Å². The first-order valence-corrected chi connectivity index (χ1v) is 21.5. The summed E-state index contributed by atoms with van der Waals surface area (Å²) in [7, 11) is 0. The molecule has 0 bridgehead atoms. The quantitative estimate of drug-likeness (QED) is 0.0347. The lowest BCUT2D eigenvalue weighted by Gasteiger charge is -2.42. The molecule has 14 N–H and O–H groups in total. The number of hydrogen-bond acceptors (Lipinski definition) is 24. The second-order valence-corrected chi connectivity index (χ2v) is 16.5. The average Bonchev–Trinajstić information content (AvgIpc) is 3.31. The van der Waals surface area contributed by atoms with Crippen LogP contribution in [0, 0.1) is 0 Å². The van der Waals surface area contributed by atoms with Crippen LogP contribution in [0.2, 0.25) is 0 Å². The fourth-order valence-corrected chi connectivity index (χ4v) is 6.84. The van der Waals surface area contributed by atoms with E-state index in [4.69, 9.17) is 37.9 Å². The molecule has 0 aliphatic carbocycles. The Balaban J connectivity index is 1.23. The van der Waals surface area contributed by atoms with Crippen molar-refractivity contribution >= 4 is 11.9 Å². The Kier molecular flexibility index (Phi) is 22.2. The van der Waals surface area contributed by atoms with Crippen molar-refractivity contribution in [2.75, 3.05) is 26.4 Å². The van der Waals surface area contributed by atoms with Crippen LogP contribution in [0.25, 0.3) is 0 Å². The molecule has 4 aliphatic rings. The van der Waals surface area contributed by atoms with Gasteiger partial charge < -0.3 is 109 Å². The maximum atomic E-state index is 12.8. The third kappa shape index (κ3) is 14.9. The molecule has 0 spiro atoms. The summed E-state index contributed by atoms with van der Waals surface area (Å²) in [5.74, 6) is -1.86. The normalized spacial score (nSPS) is 40.3. The molecule has 0 amide bonds. The largest absolute Gasteiger partial charge is 0.429 e. The summed E-state index contributed by atoms with van der Waals surface area (Å²) >= 11 is 0. The van der Waals surface area contributed by atoms with Crippen LogP contribution in [-0.4, -0.2) is 233 Å². The minimum absolute atomic E-state index is 0.0726. The van der Waals surface area contributed by atoms with E-state index < -0.39 is 161 Å². The molecular weight excluding hydrogens is 912 g/mol. The highest BCUT2D eigenvalue weighted by atomic mass is 16.8. The Morgan fingerprint density at radius 2 is 0.691 bits per heavy atom. The first-order chi connectivity index (χ1) is 32.1. The minimum atomic E-state index is -1.86. The Hall–Kier alpha value is -3.68. The molecule has 0 saturated carbocycles. The van der Waals surface area contributed by atoms with Crippen LogP contribution < -0.4 is 0 Å². The third-order valence-electron chi connectivity index (χ3n) is 11.2. The van der Waals surface area contributed by atoms with Crippen molar-refractivity contribution in [2.45, 2.75) is 151 Å². The van der Waals surface area contributed by atoms with Crippen LogP contribution >= 0.6 is 0 Å². The molecule has 4 heterocycles. The molecule has 20 atom stereocenters. The van der Waals surface area contributed by atoms with E-state index in [0.717, 1.165) is 11.1 Å². The molecule has 0 unspecified atom stereocenters. The summed E-state index contributed by atoms with van der Waals surface area (Å²) in [4.78, 5) is 25.6. The molecule has 4 saturated heterocycles. The SMILES string of the molecule is CC(C=CC=C(C)C(=O)O[C@H]1O[C@@H](CO[C@H]2O[C@@H](CO)[C@H](O)[C@@H](O)[C@@H]2O)[C@H](O)[C@@H](O)[C@@H]1O)=C/C=C/C=C(C)/C=C/C=C(\C)C(=O)O[C@@H]1O[C@H](CO[C@@H]2O[C@H](CO)[C@@H](O)[C@H](O)[C@H]2O)[C@@H](O)[C@H](O)[C@H]1O. The predicted molar refractivity (Wildman–Crippen MR) is 227 cm³/mol. The first-order valence-electron chi connectivity index (χ1n) is 21.5. The molecule has 24 heteroatoms. The Morgan fingerprint density at radius 1 is 0.397 bits per heavy atom. The number of aliphatic hydroxyl groups is 14. The van der Waals surface area contributed by atoms with Crippen LogP contribution in [0.15, 0.2) is 83.1 Å². The van der Waals surface area contributed by atoms with Crippen LogP contribution in [-0.2, 0) is 47.5 Å². The summed E-state index contributed by atoms with van der Waals surface area (Å²) < 4.78 is 42.7. The molecule has 0 aromatic carbocycles. The van der Waals surface area contributed by atoms with Crippen molar-refractivity contribution in [3.8, 4) is 0 Å². The van der Waals surface area contributed by atoms with Gasteiger partial charge in [-0.15, -0.1) is 0 Å². The summed E-state index contributed by atoms with van der Waals surface area (Å²) in [5.41, 5.74) is 1.68. The van der Waals surface area contributed by atoms with Crippen molar-refractivity contribution < 1.29 is 119 Å². The van der Waals surface area contributed by atoms with E-state index in [0.29, 0.717) is 0 Å². The van der Waals surface area contributed by atoms with Gasteiger partial charge in [-0.3, -0.25) is 0 Å². The Bertz CT molecular complexity index is 1730. The summed E-state index contributed by atoms with van der Waals surface area (Å²) in [6.07, 6.45) is -16.8. The second kappa shape index (κ2) is 26.5. The first kappa shape index (κ1) is 56.9. The van der Waals surface area contributed by atoms with Gasteiger partial charge in [0.05, 0.1) is 26.4 Å². The van der Waals surface area contributed by atoms with Gasteiger partial charge in [-0.25, -0.2) is 9.59 Å². The lowest BCUT2D eigenvalue weighted by Crippen LogP contribution is -2.61. The summed E-state index contributed by atoms with van der Waals surface area (Å²) in [6, 6.07) is 0. The smallest absolute Gasteiger partial charge is 0.336 e. The van der Waals surface area contributed by atoms with Crippen LogP contribution in [0.3, 0.4) is 0 Å². The monoisotopic (exact) mass is 976 g/mol. The molecule has 0 aromatic rings. The zero-order valence-electron chi connectivity index (χ0n) is 37.5. The summed E-state index contributed by atoms with van der Waals surface area (Å²) in [6.45, 7) is 3.80. The van der Waals surface area contributed by atoms with E-state index in [9.17, 15) is 81.1 Å². The number of rotatable bonds is 18. The van der Waals surface area contributed by atoms with Crippen LogP contribution in [0.5, 0.6) is 0 Å². The van der Waals surface area contributed by atoms with Gasteiger partial charge in [0.2, 0.25) is 12.6 Å². The van der Waals surface area contributed by atoms with E-state index in [1.807, 2.05) is 0 Å². The number of esters is 2. The van der Waals surface area contributed by atoms with Gasteiger partial charge >= 0.3 is 11.9 Å². The zero-order valence-corrected chi connectivity index (χ0v) is 37.5. The van der Waals surface area contributed by atoms with Gasteiger partial charge in [-0.1, -0.05) is 71.9 Å². The number of ether oxygens (including phenoxy) is 8. The molecule has 4 fully saturated rings. The van der Waals surface area contributed by atoms with E-state index >= 15 is 0 Å². The van der Waals surface area contributed by atoms with Crippen molar-refractivity contribution in [2.24, 2.45) is 0 Å². The maximum absolute atomic E-state index is 12.8. The molecule has 68 heavy (non-hydrogen) atoms. The molecule has 24 nitrogen and oxygen atoms in total. The fraction of sp³-hybridized carbons (Fsp3) is 0.636. The number of carbonyl (C=O) groups excluding carboxylic acids is 2. The van der Waals surface area contributed by atoms with Gasteiger partial charge in [0.25, 0.3) is 0 Å². The van der Waals surface area contributed by atoms with E-state index in [-0.39, 0.29) is 11.1 Å². The highest BCUT2D eigenvalue weighted by Gasteiger charge is 2.50. The van der Waals surface area contributed by atoms with Crippen LogP contribution in [0.1, 0.15) is 27.7 Å². The topological polar surface area (TPSA) is 391 Å². The van der Waals surface area contributed by atoms with Gasteiger partial charge in [-0.05, 0) is 27.7 Å². The Labute approximate surface area is 390 Å². The molecule has 384 valence electrons. The average molecular weight is 977 g/mol. The van der Waals surface area contributed by atoms with E-state index in [1.54, 1.807) is 62.5 Å². The van der Waals surface area contributed by atoms with E-state index in [2.05, 4.69) is 0 Å². The van der Waals surface area contributed by atoms with E-state index in [1.165, 1.54) is 26.0 Å². The van der Waals surface area contributed by atoms with Crippen molar-refractivity contribution in [3.63, 3.8) is 0 Å². The van der Waals surface area contributed by atoms with Crippen molar-refractivity contribution in [1.82, 2.24) is 0 Å². The highest BCUT2D eigenvalue weighted by molar-refractivity contribution is 5.88. The summed E-state index contributed by atoms with van der Waals surface area (Å²) in [5, 5.41) is 142. The Morgan fingerprint density at radius 3 is 1.01 bits per heavy atom. The molecule has 0 aromatic heterocycles. The molecular formula is C44H64O24. The number of allylic oxidation sites excluding steroid dienone is 12. The number of hydrogen-bond donors (Lipinski definition) is 14.